The van der Waals surface area contributed by atoms with Crippen LogP contribution in [0.2, 0.25) is 0 Å². The Morgan fingerprint density at radius 3 is 2.65 bits per heavy atom. The quantitative estimate of drug-likeness (QED) is 0.563. The Morgan fingerprint density at radius 2 is 2.12 bits per heavy atom. The van der Waals surface area contributed by atoms with Crippen molar-refractivity contribution in [2.24, 2.45) is 0 Å². The number of carbonyl (C=O) groups excluding carboxylic acids is 1. The van der Waals surface area contributed by atoms with Gasteiger partial charge in [-0.25, -0.2) is 5.10 Å². The molecule has 0 bridgehead atoms. The Bertz CT molecular complexity index is 594. The average Bonchev–Trinajstić information content (AvgIpc) is 2.62. The van der Waals surface area contributed by atoms with Crippen molar-refractivity contribution in [1.29, 1.82) is 0 Å². The zero-order valence-corrected chi connectivity index (χ0v) is 8.94. The maximum atomic E-state index is 11.7. The molecule has 17 heavy (non-hydrogen) atoms. The SMILES string of the molecule is Cc1[nH]nc(NC(=O)c2ccc(=O)[nH]n2)c1N. The Balaban J connectivity index is 2.20. The van der Waals surface area contributed by atoms with E-state index in [2.05, 4.69) is 25.7 Å². The summed E-state index contributed by atoms with van der Waals surface area (Å²) in [7, 11) is 0. The first-order chi connectivity index (χ1) is 8.08. The molecule has 2 aromatic rings. The van der Waals surface area contributed by atoms with Crippen LogP contribution >= 0.6 is 0 Å². The summed E-state index contributed by atoms with van der Waals surface area (Å²) in [5, 5.41) is 14.7. The van der Waals surface area contributed by atoms with Crippen molar-refractivity contribution in [2.45, 2.75) is 6.92 Å². The highest BCUT2D eigenvalue weighted by Gasteiger charge is 2.12. The number of H-pyrrole nitrogens is 2. The number of hydrogen-bond donors (Lipinski definition) is 4. The fourth-order valence-corrected chi connectivity index (χ4v) is 1.18. The molecule has 88 valence electrons. The zero-order valence-electron chi connectivity index (χ0n) is 8.94. The summed E-state index contributed by atoms with van der Waals surface area (Å²) in [6.07, 6.45) is 0. The van der Waals surface area contributed by atoms with E-state index in [9.17, 15) is 9.59 Å². The van der Waals surface area contributed by atoms with Gasteiger partial charge in [0.1, 0.15) is 5.69 Å². The van der Waals surface area contributed by atoms with E-state index in [0.29, 0.717) is 11.4 Å². The number of aryl methyl sites for hydroxylation is 1. The van der Waals surface area contributed by atoms with Crippen LogP contribution in [0.1, 0.15) is 16.2 Å². The highest BCUT2D eigenvalue weighted by atomic mass is 16.2. The summed E-state index contributed by atoms with van der Waals surface area (Å²) in [6.45, 7) is 1.73. The molecule has 2 aromatic heterocycles. The zero-order chi connectivity index (χ0) is 12.4. The van der Waals surface area contributed by atoms with Crippen LogP contribution in [0.3, 0.4) is 0 Å². The van der Waals surface area contributed by atoms with Crippen molar-refractivity contribution in [1.82, 2.24) is 20.4 Å². The summed E-state index contributed by atoms with van der Waals surface area (Å²) in [4.78, 5) is 22.5. The smallest absolute Gasteiger partial charge is 0.277 e. The predicted molar refractivity (Wildman–Crippen MR) is 60.5 cm³/mol. The van der Waals surface area contributed by atoms with E-state index in [1.54, 1.807) is 6.92 Å². The van der Waals surface area contributed by atoms with Crippen molar-refractivity contribution >= 4 is 17.4 Å². The van der Waals surface area contributed by atoms with Crippen LogP contribution in [0.5, 0.6) is 0 Å². The second-order valence-corrected chi connectivity index (χ2v) is 3.37. The lowest BCUT2D eigenvalue weighted by Gasteiger charge is -2.01. The highest BCUT2D eigenvalue weighted by Crippen LogP contribution is 2.18. The van der Waals surface area contributed by atoms with E-state index < -0.39 is 5.91 Å². The van der Waals surface area contributed by atoms with Crippen LogP contribution < -0.4 is 16.6 Å². The Labute approximate surface area is 95.2 Å². The van der Waals surface area contributed by atoms with Crippen molar-refractivity contribution in [3.63, 3.8) is 0 Å². The predicted octanol–water partition coefficient (Wildman–Crippen LogP) is -0.364. The topological polar surface area (TPSA) is 130 Å². The standard InChI is InChI=1S/C9H10N6O2/c1-4-7(10)8(15-12-4)11-9(17)5-2-3-6(16)14-13-5/h2-3H,10H2,1H3,(H,14,16)(H2,11,12,15,17). The number of nitrogens with two attached hydrogens (primary N) is 1. The molecule has 0 radical (unpaired) electrons. The lowest BCUT2D eigenvalue weighted by molar-refractivity contribution is 0.102. The number of aromatic nitrogens is 4. The molecule has 0 saturated carbocycles. The summed E-state index contributed by atoms with van der Waals surface area (Å²) >= 11 is 0. The van der Waals surface area contributed by atoms with Crippen molar-refractivity contribution in [3.8, 4) is 0 Å². The normalized spacial score (nSPS) is 10.2. The molecule has 0 aliphatic rings. The van der Waals surface area contributed by atoms with E-state index in [1.807, 2.05) is 0 Å². The Morgan fingerprint density at radius 1 is 1.35 bits per heavy atom. The number of nitrogen functional groups attached to an aromatic ring is 1. The third kappa shape index (κ3) is 2.14. The monoisotopic (exact) mass is 234 g/mol. The molecule has 0 unspecified atom stereocenters. The van der Waals surface area contributed by atoms with Gasteiger partial charge in [-0.05, 0) is 13.0 Å². The maximum absolute atomic E-state index is 11.7. The molecule has 2 heterocycles. The van der Waals surface area contributed by atoms with E-state index in [1.165, 1.54) is 12.1 Å². The summed E-state index contributed by atoms with van der Waals surface area (Å²) < 4.78 is 0. The third-order valence-corrected chi connectivity index (χ3v) is 2.14. The van der Waals surface area contributed by atoms with E-state index in [4.69, 9.17) is 5.73 Å². The maximum Gasteiger partial charge on any atom is 0.277 e. The van der Waals surface area contributed by atoms with Gasteiger partial charge in [-0.1, -0.05) is 0 Å². The summed E-state index contributed by atoms with van der Waals surface area (Å²) in [5.41, 5.74) is 6.39. The van der Waals surface area contributed by atoms with Gasteiger partial charge in [0.2, 0.25) is 0 Å². The minimum Gasteiger partial charge on any atom is -0.394 e. The van der Waals surface area contributed by atoms with Gasteiger partial charge in [-0.3, -0.25) is 14.7 Å². The second kappa shape index (κ2) is 4.08. The van der Waals surface area contributed by atoms with Crippen LogP contribution in [0.25, 0.3) is 0 Å². The molecule has 2 rings (SSSR count). The van der Waals surface area contributed by atoms with E-state index in [-0.39, 0.29) is 17.1 Å². The Hall–Kier alpha value is -2.64. The molecule has 0 saturated heterocycles. The van der Waals surface area contributed by atoms with E-state index >= 15 is 0 Å². The molecule has 0 aromatic carbocycles. The van der Waals surface area contributed by atoms with Gasteiger partial charge in [0, 0.05) is 6.07 Å². The number of rotatable bonds is 2. The van der Waals surface area contributed by atoms with Crippen LogP contribution in [-0.4, -0.2) is 26.3 Å². The number of carbonyl (C=O) groups is 1. The van der Waals surface area contributed by atoms with Crippen molar-refractivity contribution < 1.29 is 4.79 Å². The largest absolute Gasteiger partial charge is 0.394 e. The lowest BCUT2D eigenvalue weighted by Crippen LogP contribution is -2.18. The van der Waals surface area contributed by atoms with Gasteiger partial charge in [-0.15, -0.1) is 0 Å². The number of amides is 1. The molecule has 5 N–H and O–H groups in total. The summed E-state index contributed by atoms with van der Waals surface area (Å²) in [6, 6.07) is 2.52. The minimum absolute atomic E-state index is 0.0738. The number of nitrogens with zero attached hydrogens (tertiary/aromatic N) is 2. The molecule has 1 amide bonds. The van der Waals surface area contributed by atoms with Crippen LogP contribution in [0, 0.1) is 6.92 Å². The average molecular weight is 234 g/mol. The molecular formula is C9H10N6O2. The van der Waals surface area contributed by atoms with Gasteiger partial charge in [0.15, 0.2) is 5.82 Å². The molecule has 0 atom stereocenters. The first kappa shape index (κ1) is 10.9. The third-order valence-electron chi connectivity index (χ3n) is 2.14. The molecule has 0 aliphatic heterocycles. The van der Waals surface area contributed by atoms with Crippen molar-refractivity contribution in [3.05, 3.63) is 33.9 Å². The van der Waals surface area contributed by atoms with Crippen molar-refractivity contribution in [2.75, 3.05) is 11.1 Å². The first-order valence-corrected chi connectivity index (χ1v) is 4.75. The number of hydrogen-bond acceptors (Lipinski definition) is 5. The molecular weight excluding hydrogens is 224 g/mol. The molecule has 8 nitrogen and oxygen atoms in total. The second-order valence-electron chi connectivity index (χ2n) is 3.37. The molecule has 0 aliphatic carbocycles. The molecule has 0 fully saturated rings. The number of nitrogens with one attached hydrogen (secondary N) is 3. The lowest BCUT2D eigenvalue weighted by atomic mass is 10.3. The fraction of sp³-hybridized carbons (Fsp3) is 0.111. The van der Waals surface area contributed by atoms with Gasteiger partial charge in [-0.2, -0.15) is 10.2 Å². The molecule has 8 heteroatoms. The number of anilines is 2. The van der Waals surface area contributed by atoms with Crippen LogP contribution in [-0.2, 0) is 0 Å². The first-order valence-electron chi connectivity index (χ1n) is 4.75. The van der Waals surface area contributed by atoms with Crippen LogP contribution in [0.4, 0.5) is 11.5 Å². The van der Waals surface area contributed by atoms with Gasteiger partial charge in [0.05, 0.1) is 11.4 Å². The van der Waals surface area contributed by atoms with Gasteiger partial charge >= 0.3 is 0 Å². The molecule has 0 spiro atoms. The van der Waals surface area contributed by atoms with E-state index in [0.717, 1.165) is 0 Å². The Kier molecular flexibility index (Phi) is 2.61. The summed E-state index contributed by atoms with van der Waals surface area (Å²) in [5.74, 6) is -0.264. The minimum atomic E-state index is -0.501. The van der Waals surface area contributed by atoms with Gasteiger partial charge < -0.3 is 11.1 Å². The van der Waals surface area contributed by atoms with Gasteiger partial charge in [0.25, 0.3) is 11.5 Å². The highest BCUT2D eigenvalue weighted by molar-refractivity contribution is 6.03. The number of aromatic amines is 2. The van der Waals surface area contributed by atoms with Crippen LogP contribution in [0.15, 0.2) is 16.9 Å². The fourth-order valence-electron chi connectivity index (χ4n) is 1.18.